The second-order valence-electron chi connectivity index (χ2n) is 8.28. The summed E-state index contributed by atoms with van der Waals surface area (Å²) >= 11 is 0. The Kier molecular flexibility index (Phi) is 3.49. The van der Waals surface area contributed by atoms with E-state index < -0.39 is 5.41 Å². The van der Waals surface area contributed by atoms with Gasteiger partial charge >= 0.3 is 0 Å². The van der Waals surface area contributed by atoms with Crippen molar-refractivity contribution in [3.8, 4) is 0 Å². The number of hydrogen-bond donors (Lipinski definition) is 3. The summed E-state index contributed by atoms with van der Waals surface area (Å²) < 4.78 is 0. The largest absolute Gasteiger partial charge is 0.353 e. The first-order chi connectivity index (χ1) is 13.0. The van der Waals surface area contributed by atoms with Crippen molar-refractivity contribution in [3.63, 3.8) is 0 Å². The molecule has 1 aliphatic carbocycles. The molecular weight excluding hydrogens is 338 g/mol. The smallest absolute Gasteiger partial charge is 0.237 e. The Labute approximate surface area is 158 Å². The average Bonchev–Trinajstić information content (AvgIpc) is 3.09. The van der Waals surface area contributed by atoms with E-state index in [1.54, 1.807) is 0 Å². The van der Waals surface area contributed by atoms with E-state index in [2.05, 4.69) is 27.6 Å². The minimum Gasteiger partial charge on any atom is -0.353 e. The normalized spacial score (nSPS) is 20.4. The summed E-state index contributed by atoms with van der Waals surface area (Å²) in [6.45, 7) is 5.02. The van der Waals surface area contributed by atoms with Crippen molar-refractivity contribution in [3.05, 3.63) is 40.7 Å². The quantitative estimate of drug-likeness (QED) is 0.767. The van der Waals surface area contributed by atoms with Gasteiger partial charge in [-0.25, -0.2) is 0 Å². The van der Waals surface area contributed by atoms with Crippen LogP contribution in [-0.4, -0.2) is 29.7 Å². The summed E-state index contributed by atoms with van der Waals surface area (Å²) in [7, 11) is 0. The number of aromatic amines is 1. The van der Waals surface area contributed by atoms with Crippen LogP contribution in [-0.2, 0) is 16.6 Å². The highest BCUT2D eigenvalue weighted by atomic mass is 16.2. The number of aryl methyl sites for hydroxylation is 1. The fourth-order valence-electron chi connectivity index (χ4n) is 4.73. The lowest BCUT2D eigenvalue weighted by Gasteiger charge is -2.20. The highest BCUT2D eigenvalue weighted by molar-refractivity contribution is 6.12. The highest BCUT2D eigenvalue weighted by Gasteiger charge is 2.44. The number of nitrogens with one attached hydrogen (secondary N) is 2. The number of amides is 1. The minimum atomic E-state index is -0.530. The lowest BCUT2D eigenvalue weighted by molar-refractivity contribution is -0.122. The van der Waals surface area contributed by atoms with Gasteiger partial charge in [-0.3, -0.25) is 10.2 Å². The predicted octanol–water partition coefficient (Wildman–Crippen LogP) is 2.67. The number of H-pyrrole nitrogens is 1. The second-order valence-corrected chi connectivity index (χ2v) is 8.28. The van der Waals surface area contributed by atoms with Crippen LogP contribution in [0.4, 0.5) is 5.69 Å². The molecule has 0 fully saturated rings. The second kappa shape index (κ2) is 5.70. The number of carbonyl (C=O) groups excluding carboxylic acids is 1. The first-order valence-corrected chi connectivity index (χ1v) is 9.72. The van der Waals surface area contributed by atoms with E-state index in [1.807, 2.05) is 24.9 Å². The lowest BCUT2D eigenvalue weighted by atomic mass is 9.85. The molecule has 5 rings (SSSR count). The number of anilines is 1. The summed E-state index contributed by atoms with van der Waals surface area (Å²) in [5.74, 6) is 0.133. The van der Waals surface area contributed by atoms with Gasteiger partial charge in [0.25, 0.3) is 0 Å². The molecule has 2 aliphatic heterocycles. The first-order valence-electron chi connectivity index (χ1n) is 9.72. The summed E-state index contributed by atoms with van der Waals surface area (Å²) in [5.41, 5.74) is 16.4. The standard InChI is InChI=1S/C21H25N5O/c1-21(2)15-10-16-14(9-18(15)26(7-6-22)20(21)27)13-5-3-4-12-8-17(19(13)24-16)25-23-11-12/h9-11,23-24H,3-8,22H2,1-2H3. The Balaban J connectivity index is 1.72. The maximum Gasteiger partial charge on any atom is 0.237 e. The number of hydrogen-bond acceptors (Lipinski definition) is 4. The average molecular weight is 363 g/mol. The van der Waals surface area contributed by atoms with Crippen LogP contribution in [0.25, 0.3) is 10.9 Å². The fourth-order valence-corrected chi connectivity index (χ4v) is 4.73. The number of rotatable bonds is 2. The molecule has 140 valence electrons. The number of aromatic nitrogens is 1. The Morgan fingerprint density at radius 2 is 2.15 bits per heavy atom. The van der Waals surface area contributed by atoms with Gasteiger partial charge in [0.15, 0.2) is 0 Å². The number of nitrogens with two attached hydrogens (primary N) is 1. The van der Waals surface area contributed by atoms with E-state index >= 15 is 0 Å². The van der Waals surface area contributed by atoms with Crippen molar-refractivity contribution >= 4 is 28.2 Å². The molecule has 0 saturated carbocycles. The Morgan fingerprint density at radius 1 is 1.30 bits per heavy atom. The maximum absolute atomic E-state index is 12.9. The molecule has 2 aromatic rings. The van der Waals surface area contributed by atoms with Crippen molar-refractivity contribution in [1.82, 2.24) is 10.4 Å². The van der Waals surface area contributed by atoms with Crippen LogP contribution in [0.5, 0.6) is 0 Å². The summed E-state index contributed by atoms with van der Waals surface area (Å²) in [5, 5.41) is 5.74. The van der Waals surface area contributed by atoms with Gasteiger partial charge in [0.2, 0.25) is 5.91 Å². The summed E-state index contributed by atoms with van der Waals surface area (Å²) in [6.07, 6.45) is 6.15. The highest BCUT2D eigenvalue weighted by Crippen LogP contribution is 2.44. The van der Waals surface area contributed by atoms with Gasteiger partial charge in [-0.2, -0.15) is 5.10 Å². The fraction of sp³-hybridized carbons (Fsp3) is 0.429. The molecule has 0 atom stereocenters. The zero-order valence-corrected chi connectivity index (χ0v) is 15.9. The van der Waals surface area contributed by atoms with E-state index in [1.165, 1.54) is 16.5 Å². The molecule has 0 spiro atoms. The van der Waals surface area contributed by atoms with Gasteiger partial charge in [0.05, 0.1) is 16.8 Å². The first kappa shape index (κ1) is 16.6. The van der Waals surface area contributed by atoms with E-state index in [9.17, 15) is 4.79 Å². The molecule has 1 aromatic carbocycles. The molecular formula is C21H25N5O. The van der Waals surface area contributed by atoms with Crippen LogP contribution < -0.4 is 16.1 Å². The van der Waals surface area contributed by atoms with Crippen LogP contribution in [0.1, 0.15) is 49.9 Å². The summed E-state index contributed by atoms with van der Waals surface area (Å²) in [6, 6.07) is 4.36. The number of carbonyl (C=O) groups is 1. The van der Waals surface area contributed by atoms with Gasteiger partial charge in [-0.05, 0) is 61.9 Å². The Morgan fingerprint density at radius 3 is 2.96 bits per heavy atom. The third kappa shape index (κ3) is 2.29. The lowest BCUT2D eigenvalue weighted by Crippen LogP contribution is -2.38. The zero-order valence-electron chi connectivity index (χ0n) is 15.9. The third-order valence-electron chi connectivity index (χ3n) is 6.20. The molecule has 6 nitrogen and oxygen atoms in total. The van der Waals surface area contributed by atoms with Crippen LogP contribution in [0.2, 0.25) is 0 Å². The molecule has 6 heteroatoms. The minimum absolute atomic E-state index is 0.133. The number of hydrazone groups is 1. The van der Waals surface area contributed by atoms with Crippen molar-refractivity contribution in [2.45, 2.75) is 44.9 Å². The molecule has 2 bridgehead atoms. The zero-order chi connectivity index (χ0) is 18.8. The number of allylic oxidation sites excluding steroid dienone is 1. The van der Waals surface area contributed by atoms with Crippen LogP contribution in [0.3, 0.4) is 0 Å². The SMILES string of the molecule is CC1(C)C(=O)N(CCN)c2cc3c4c([nH]c3cc21)C1=NNC=C(CCC4)C1. The van der Waals surface area contributed by atoms with Crippen molar-refractivity contribution in [2.24, 2.45) is 10.8 Å². The Hall–Kier alpha value is -2.60. The maximum atomic E-state index is 12.9. The van der Waals surface area contributed by atoms with Crippen molar-refractivity contribution in [1.29, 1.82) is 0 Å². The molecule has 1 aromatic heterocycles. The van der Waals surface area contributed by atoms with Gasteiger partial charge in [0, 0.05) is 42.3 Å². The molecule has 0 saturated heterocycles. The van der Waals surface area contributed by atoms with Gasteiger partial charge in [0.1, 0.15) is 0 Å². The van der Waals surface area contributed by atoms with E-state index in [4.69, 9.17) is 5.73 Å². The molecule has 4 N–H and O–H groups in total. The van der Waals surface area contributed by atoms with E-state index in [0.29, 0.717) is 13.1 Å². The van der Waals surface area contributed by atoms with Crippen LogP contribution in [0.15, 0.2) is 29.0 Å². The van der Waals surface area contributed by atoms with Crippen molar-refractivity contribution in [2.75, 3.05) is 18.0 Å². The number of nitrogens with zero attached hydrogens (tertiary/aromatic N) is 2. The van der Waals surface area contributed by atoms with Crippen LogP contribution in [0, 0.1) is 0 Å². The molecule has 0 unspecified atom stereocenters. The third-order valence-corrected chi connectivity index (χ3v) is 6.20. The van der Waals surface area contributed by atoms with Gasteiger partial charge in [-0.15, -0.1) is 0 Å². The molecule has 1 amide bonds. The van der Waals surface area contributed by atoms with Crippen LogP contribution >= 0.6 is 0 Å². The van der Waals surface area contributed by atoms with Gasteiger partial charge < -0.3 is 15.6 Å². The van der Waals surface area contributed by atoms with Gasteiger partial charge in [-0.1, -0.05) is 0 Å². The topological polar surface area (TPSA) is 86.5 Å². The summed E-state index contributed by atoms with van der Waals surface area (Å²) in [4.78, 5) is 18.4. The van der Waals surface area contributed by atoms with Crippen molar-refractivity contribution < 1.29 is 4.79 Å². The van der Waals surface area contributed by atoms with E-state index in [-0.39, 0.29) is 5.91 Å². The monoisotopic (exact) mass is 363 g/mol. The van der Waals surface area contributed by atoms with E-state index in [0.717, 1.165) is 53.9 Å². The number of fused-ring (bicyclic) bond motifs is 7. The predicted molar refractivity (Wildman–Crippen MR) is 108 cm³/mol. The Bertz CT molecular complexity index is 1030. The molecule has 27 heavy (non-hydrogen) atoms. The molecule has 0 radical (unpaired) electrons. The molecule has 3 heterocycles. The number of benzene rings is 1. The molecule has 3 aliphatic rings.